The third kappa shape index (κ3) is 3.69. The molecule has 1 aliphatic rings. The standard InChI is InChI=1S/C18H20FNO/c19-16-10-8-15(9-11-16)18(14-6-7-14)20-12-17(21)13-4-2-1-3-5-13/h1-5,8-11,14,17-18,20-21H,6-7,12H2. The zero-order chi connectivity index (χ0) is 14.7. The van der Waals surface area contributed by atoms with Gasteiger partial charge in [-0.15, -0.1) is 0 Å². The van der Waals surface area contributed by atoms with Crippen LogP contribution in [0.2, 0.25) is 0 Å². The van der Waals surface area contributed by atoms with Crippen molar-refractivity contribution in [2.75, 3.05) is 6.54 Å². The molecule has 110 valence electrons. The molecule has 1 saturated carbocycles. The van der Waals surface area contributed by atoms with Crippen LogP contribution in [0.25, 0.3) is 0 Å². The molecule has 2 aromatic rings. The molecule has 1 fully saturated rings. The Bertz CT molecular complexity index is 566. The van der Waals surface area contributed by atoms with Gasteiger partial charge in [0.2, 0.25) is 0 Å². The highest BCUT2D eigenvalue weighted by Crippen LogP contribution is 2.41. The summed E-state index contributed by atoms with van der Waals surface area (Å²) < 4.78 is 13.0. The molecular weight excluding hydrogens is 265 g/mol. The summed E-state index contributed by atoms with van der Waals surface area (Å²) in [5.74, 6) is 0.385. The molecular formula is C18H20FNO. The lowest BCUT2D eigenvalue weighted by Crippen LogP contribution is -2.28. The fourth-order valence-corrected chi connectivity index (χ4v) is 2.69. The van der Waals surface area contributed by atoms with E-state index in [-0.39, 0.29) is 11.9 Å². The Morgan fingerprint density at radius 3 is 2.29 bits per heavy atom. The first-order valence-electron chi connectivity index (χ1n) is 7.46. The van der Waals surface area contributed by atoms with Crippen LogP contribution in [0, 0.1) is 11.7 Å². The Morgan fingerprint density at radius 1 is 1.00 bits per heavy atom. The summed E-state index contributed by atoms with van der Waals surface area (Å²) in [5.41, 5.74) is 2.01. The van der Waals surface area contributed by atoms with E-state index in [4.69, 9.17) is 0 Å². The monoisotopic (exact) mass is 285 g/mol. The number of aliphatic hydroxyl groups is 1. The van der Waals surface area contributed by atoms with E-state index in [1.165, 1.54) is 25.0 Å². The molecule has 2 atom stereocenters. The van der Waals surface area contributed by atoms with Crippen molar-refractivity contribution in [1.29, 1.82) is 0 Å². The number of hydrogen-bond acceptors (Lipinski definition) is 2. The number of nitrogens with one attached hydrogen (secondary N) is 1. The molecule has 2 nitrogen and oxygen atoms in total. The predicted octanol–water partition coefficient (Wildman–Crippen LogP) is 3.60. The molecule has 1 aliphatic carbocycles. The number of hydrogen-bond donors (Lipinski definition) is 2. The summed E-state index contributed by atoms with van der Waals surface area (Å²) in [4.78, 5) is 0. The van der Waals surface area contributed by atoms with Gasteiger partial charge in [0.25, 0.3) is 0 Å². The molecule has 0 radical (unpaired) electrons. The van der Waals surface area contributed by atoms with Gasteiger partial charge in [-0.2, -0.15) is 0 Å². The van der Waals surface area contributed by atoms with Gasteiger partial charge in [0, 0.05) is 12.6 Å². The molecule has 0 heterocycles. The Kier molecular flexibility index (Phi) is 4.32. The predicted molar refractivity (Wildman–Crippen MR) is 81.3 cm³/mol. The minimum Gasteiger partial charge on any atom is -0.387 e. The van der Waals surface area contributed by atoms with E-state index >= 15 is 0 Å². The molecule has 0 aromatic heterocycles. The maximum atomic E-state index is 13.0. The van der Waals surface area contributed by atoms with Crippen LogP contribution in [-0.4, -0.2) is 11.7 Å². The highest BCUT2D eigenvalue weighted by atomic mass is 19.1. The summed E-state index contributed by atoms with van der Waals surface area (Å²) in [6.45, 7) is 0.503. The minimum absolute atomic E-state index is 0.198. The smallest absolute Gasteiger partial charge is 0.123 e. The number of rotatable bonds is 6. The van der Waals surface area contributed by atoms with Crippen molar-refractivity contribution in [3.63, 3.8) is 0 Å². The van der Waals surface area contributed by atoms with E-state index in [0.717, 1.165) is 11.1 Å². The summed E-state index contributed by atoms with van der Waals surface area (Å²) in [5, 5.41) is 13.7. The molecule has 21 heavy (non-hydrogen) atoms. The van der Waals surface area contributed by atoms with Crippen molar-refractivity contribution in [3.05, 3.63) is 71.5 Å². The van der Waals surface area contributed by atoms with Gasteiger partial charge in [0.1, 0.15) is 5.82 Å². The molecule has 0 bridgehead atoms. The first-order chi connectivity index (χ1) is 10.2. The number of aliphatic hydroxyl groups excluding tert-OH is 1. The summed E-state index contributed by atoms with van der Waals surface area (Å²) in [6.07, 6.45) is 1.86. The molecule has 2 aromatic carbocycles. The van der Waals surface area contributed by atoms with Crippen LogP contribution in [0.1, 0.15) is 36.1 Å². The molecule has 3 heteroatoms. The Balaban J connectivity index is 1.65. The number of benzene rings is 2. The van der Waals surface area contributed by atoms with E-state index in [2.05, 4.69) is 5.32 Å². The van der Waals surface area contributed by atoms with Crippen LogP contribution in [0.15, 0.2) is 54.6 Å². The third-order valence-electron chi connectivity index (χ3n) is 4.04. The second-order valence-electron chi connectivity index (χ2n) is 5.70. The second-order valence-corrected chi connectivity index (χ2v) is 5.70. The largest absolute Gasteiger partial charge is 0.387 e. The highest BCUT2D eigenvalue weighted by molar-refractivity contribution is 5.22. The lowest BCUT2D eigenvalue weighted by Gasteiger charge is -2.21. The molecule has 0 amide bonds. The van der Waals surface area contributed by atoms with Crippen molar-refractivity contribution in [1.82, 2.24) is 5.32 Å². The third-order valence-corrected chi connectivity index (χ3v) is 4.04. The van der Waals surface area contributed by atoms with E-state index in [9.17, 15) is 9.50 Å². The zero-order valence-corrected chi connectivity index (χ0v) is 11.9. The average Bonchev–Trinajstić information content (AvgIpc) is 3.35. The number of halogens is 1. The molecule has 2 N–H and O–H groups in total. The summed E-state index contributed by atoms with van der Waals surface area (Å²) in [6, 6.07) is 16.5. The van der Waals surface area contributed by atoms with Gasteiger partial charge >= 0.3 is 0 Å². The first-order valence-corrected chi connectivity index (χ1v) is 7.46. The van der Waals surface area contributed by atoms with Gasteiger partial charge in [0.15, 0.2) is 0 Å². The van der Waals surface area contributed by atoms with Gasteiger partial charge in [-0.3, -0.25) is 0 Å². The minimum atomic E-state index is -0.520. The molecule has 0 saturated heterocycles. The van der Waals surface area contributed by atoms with Crippen LogP contribution < -0.4 is 5.32 Å². The van der Waals surface area contributed by atoms with Gasteiger partial charge in [0.05, 0.1) is 6.10 Å². The van der Waals surface area contributed by atoms with Crippen LogP contribution >= 0.6 is 0 Å². The van der Waals surface area contributed by atoms with Gasteiger partial charge in [-0.1, -0.05) is 42.5 Å². The lowest BCUT2D eigenvalue weighted by atomic mass is 10.0. The van der Waals surface area contributed by atoms with Crippen molar-refractivity contribution in [2.24, 2.45) is 5.92 Å². The average molecular weight is 285 g/mol. The van der Waals surface area contributed by atoms with E-state index < -0.39 is 6.10 Å². The molecule has 3 rings (SSSR count). The maximum absolute atomic E-state index is 13.0. The van der Waals surface area contributed by atoms with Gasteiger partial charge < -0.3 is 10.4 Å². The van der Waals surface area contributed by atoms with Crippen LogP contribution in [0.3, 0.4) is 0 Å². The first kappa shape index (κ1) is 14.2. The normalized spacial score (nSPS) is 17.4. The van der Waals surface area contributed by atoms with Gasteiger partial charge in [-0.05, 0) is 42.0 Å². The van der Waals surface area contributed by atoms with E-state index in [1.807, 2.05) is 42.5 Å². The summed E-state index contributed by atoms with van der Waals surface area (Å²) in [7, 11) is 0. The second kappa shape index (κ2) is 6.37. The van der Waals surface area contributed by atoms with Crippen LogP contribution in [0.4, 0.5) is 4.39 Å². The van der Waals surface area contributed by atoms with Crippen LogP contribution in [-0.2, 0) is 0 Å². The van der Waals surface area contributed by atoms with Crippen molar-refractivity contribution in [3.8, 4) is 0 Å². The Morgan fingerprint density at radius 2 is 1.67 bits per heavy atom. The lowest BCUT2D eigenvalue weighted by molar-refractivity contribution is 0.168. The van der Waals surface area contributed by atoms with E-state index in [1.54, 1.807) is 0 Å². The molecule has 2 unspecified atom stereocenters. The fraction of sp³-hybridized carbons (Fsp3) is 0.333. The fourth-order valence-electron chi connectivity index (χ4n) is 2.69. The quantitative estimate of drug-likeness (QED) is 0.850. The maximum Gasteiger partial charge on any atom is 0.123 e. The molecule has 0 spiro atoms. The van der Waals surface area contributed by atoms with Crippen molar-refractivity contribution < 1.29 is 9.50 Å². The SMILES string of the molecule is OC(CNC(c1ccc(F)cc1)C1CC1)c1ccccc1. The molecule has 0 aliphatic heterocycles. The topological polar surface area (TPSA) is 32.3 Å². The van der Waals surface area contributed by atoms with Crippen LogP contribution in [0.5, 0.6) is 0 Å². The van der Waals surface area contributed by atoms with Gasteiger partial charge in [-0.25, -0.2) is 4.39 Å². The zero-order valence-electron chi connectivity index (χ0n) is 11.9. The highest BCUT2D eigenvalue weighted by Gasteiger charge is 2.32. The Labute approximate surface area is 124 Å². The Hall–Kier alpha value is -1.71. The summed E-state index contributed by atoms with van der Waals surface area (Å²) >= 11 is 0. The van der Waals surface area contributed by atoms with Crippen molar-refractivity contribution >= 4 is 0 Å². The van der Waals surface area contributed by atoms with Crippen molar-refractivity contribution in [2.45, 2.75) is 25.0 Å². The van der Waals surface area contributed by atoms with E-state index in [0.29, 0.717) is 12.5 Å².